The number of hydrogen-bond acceptors (Lipinski definition) is 7. The molecule has 3 aromatic rings. The monoisotopic (exact) mass is 482 g/mol. The van der Waals surface area contributed by atoms with Crippen LogP contribution in [-0.4, -0.2) is 30.6 Å². The Morgan fingerprint density at radius 1 is 1.14 bits per heavy atom. The van der Waals surface area contributed by atoms with Crippen molar-refractivity contribution in [3.8, 4) is 0 Å². The van der Waals surface area contributed by atoms with Gasteiger partial charge in [-0.25, -0.2) is 9.78 Å². The number of carbonyl (C=O) groups is 1. The van der Waals surface area contributed by atoms with Crippen molar-refractivity contribution in [1.82, 2.24) is 30.0 Å². The van der Waals surface area contributed by atoms with Crippen molar-refractivity contribution in [3.63, 3.8) is 0 Å². The second-order valence-corrected chi connectivity index (χ2v) is 10.3. The minimum Gasteiger partial charge on any atom is -0.340 e. The number of nitrogens with one attached hydrogen (secondary N) is 2. The molecule has 0 atom stereocenters. The number of pyridine rings is 1. The van der Waals surface area contributed by atoms with Gasteiger partial charge in [0, 0.05) is 19.2 Å². The average Bonchev–Trinajstić information content (AvgIpc) is 3.10. The lowest BCUT2D eigenvalue weighted by molar-refractivity contribution is 0.0878. The number of aromatic amines is 1. The first kappa shape index (κ1) is 24.8. The predicted octanol–water partition coefficient (Wildman–Crippen LogP) is 3.54. The number of rotatable bonds is 6. The van der Waals surface area contributed by atoms with E-state index in [1.165, 1.54) is 4.57 Å². The zero-order valence-corrected chi connectivity index (χ0v) is 21.1. The van der Waals surface area contributed by atoms with E-state index in [2.05, 4.69) is 25.4 Å². The number of carbonyl (C=O) groups excluding carboxylic acids is 1. The van der Waals surface area contributed by atoms with E-state index >= 15 is 0 Å². The van der Waals surface area contributed by atoms with E-state index in [1.807, 2.05) is 27.7 Å². The van der Waals surface area contributed by atoms with Gasteiger partial charge in [0.1, 0.15) is 5.54 Å². The Labute approximate surface area is 203 Å². The highest BCUT2D eigenvalue weighted by Crippen LogP contribution is 2.35. The van der Waals surface area contributed by atoms with E-state index in [4.69, 9.17) is 4.52 Å². The third-order valence-electron chi connectivity index (χ3n) is 6.62. The lowest BCUT2D eigenvalue weighted by Gasteiger charge is -2.31. The van der Waals surface area contributed by atoms with Crippen molar-refractivity contribution >= 4 is 16.9 Å². The van der Waals surface area contributed by atoms with E-state index in [0.717, 1.165) is 25.7 Å². The zero-order valence-electron chi connectivity index (χ0n) is 21.1. The van der Waals surface area contributed by atoms with Crippen molar-refractivity contribution in [1.29, 1.82) is 0 Å². The first-order valence-corrected chi connectivity index (χ1v) is 12.4. The molecule has 0 radical (unpaired) electrons. The van der Waals surface area contributed by atoms with Crippen LogP contribution in [0.3, 0.4) is 0 Å². The van der Waals surface area contributed by atoms with Gasteiger partial charge < -0.3 is 9.84 Å². The van der Waals surface area contributed by atoms with Crippen LogP contribution in [0, 0.1) is 12.8 Å². The number of nitrogens with zero attached hydrogens (tertiary/aromatic N) is 4. The highest BCUT2D eigenvalue weighted by atomic mass is 16.5. The van der Waals surface area contributed by atoms with E-state index in [0.29, 0.717) is 36.8 Å². The summed E-state index contributed by atoms with van der Waals surface area (Å²) in [7, 11) is 0. The Hall–Kier alpha value is -3.30. The molecule has 2 N–H and O–H groups in total. The summed E-state index contributed by atoms with van der Waals surface area (Å²) in [6.07, 6.45) is 5.29. The van der Waals surface area contributed by atoms with Crippen molar-refractivity contribution in [3.05, 3.63) is 49.9 Å². The molecule has 3 heterocycles. The van der Waals surface area contributed by atoms with Crippen LogP contribution >= 0.6 is 0 Å². The second-order valence-electron chi connectivity index (χ2n) is 10.3. The third kappa shape index (κ3) is 4.92. The van der Waals surface area contributed by atoms with Crippen molar-refractivity contribution in [2.45, 2.75) is 91.1 Å². The number of aryl methyl sites for hydroxylation is 1. The molecule has 1 fully saturated rings. The normalized spacial score (nSPS) is 16.1. The molecule has 3 aromatic heterocycles. The van der Waals surface area contributed by atoms with Crippen molar-refractivity contribution in [2.24, 2.45) is 5.92 Å². The summed E-state index contributed by atoms with van der Waals surface area (Å²) in [5.74, 6) is 0.601. The summed E-state index contributed by atoms with van der Waals surface area (Å²) < 4.78 is 6.71. The molecule has 0 aromatic carbocycles. The minimum atomic E-state index is -0.794. The Morgan fingerprint density at radius 2 is 1.83 bits per heavy atom. The van der Waals surface area contributed by atoms with E-state index in [1.54, 1.807) is 13.0 Å². The molecule has 0 aliphatic heterocycles. The first-order chi connectivity index (χ1) is 16.6. The molecule has 1 amide bonds. The van der Waals surface area contributed by atoms with Gasteiger partial charge in [-0.05, 0) is 30.7 Å². The molecular formula is C25H34N6O4. The van der Waals surface area contributed by atoms with Gasteiger partial charge in [0.2, 0.25) is 5.89 Å². The molecule has 35 heavy (non-hydrogen) atoms. The van der Waals surface area contributed by atoms with Crippen molar-refractivity contribution in [2.75, 3.05) is 0 Å². The van der Waals surface area contributed by atoms with Gasteiger partial charge in [-0.2, -0.15) is 4.98 Å². The lowest BCUT2D eigenvalue weighted by atomic mass is 9.88. The summed E-state index contributed by atoms with van der Waals surface area (Å²) in [6.45, 7) is 9.97. The number of hydrogen-bond donors (Lipinski definition) is 2. The van der Waals surface area contributed by atoms with Crippen molar-refractivity contribution < 1.29 is 9.32 Å². The Bertz CT molecular complexity index is 1340. The average molecular weight is 483 g/mol. The molecule has 1 saturated carbocycles. The van der Waals surface area contributed by atoms with Gasteiger partial charge in [0.15, 0.2) is 11.5 Å². The van der Waals surface area contributed by atoms with Crippen LogP contribution in [0.2, 0.25) is 0 Å². The Morgan fingerprint density at radius 3 is 2.40 bits per heavy atom. The first-order valence-electron chi connectivity index (χ1n) is 12.4. The summed E-state index contributed by atoms with van der Waals surface area (Å²) in [5.41, 5.74) is -0.884. The van der Waals surface area contributed by atoms with Gasteiger partial charge in [-0.15, -0.1) is 0 Å². The maximum atomic E-state index is 13.9. The standard InChI is InChI=1S/C25H34N6O4/c1-14(2)13-31-20-19(22(33)28-24(31)34)17(12-18(27-20)15(3)4)21(32)29-25(10-8-6-7-9-11-25)23-26-16(5)35-30-23/h12,14-15H,6-11,13H2,1-5H3,(H,29,32)(H,28,33,34). The maximum Gasteiger partial charge on any atom is 0.330 e. The Balaban J connectivity index is 1.90. The molecule has 10 heteroatoms. The zero-order chi connectivity index (χ0) is 25.3. The van der Waals surface area contributed by atoms with Gasteiger partial charge >= 0.3 is 5.69 Å². The van der Waals surface area contributed by atoms with Crippen LogP contribution in [-0.2, 0) is 12.1 Å². The molecule has 188 valence electrons. The number of amides is 1. The predicted molar refractivity (Wildman–Crippen MR) is 131 cm³/mol. The highest BCUT2D eigenvalue weighted by Gasteiger charge is 2.39. The minimum absolute atomic E-state index is 0.0143. The molecule has 10 nitrogen and oxygen atoms in total. The highest BCUT2D eigenvalue weighted by molar-refractivity contribution is 6.05. The summed E-state index contributed by atoms with van der Waals surface area (Å²) in [5, 5.41) is 7.46. The molecule has 0 bridgehead atoms. The smallest absolute Gasteiger partial charge is 0.330 e. The summed E-state index contributed by atoms with van der Waals surface area (Å²) in [6, 6.07) is 1.66. The van der Waals surface area contributed by atoms with Crippen LogP contribution in [0.5, 0.6) is 0 Å². The number of fused-ring (bicyclic) bond motifs is 1. The quantitative estimate of drug-likeness (QED) is 0.513. The Kier molecular flexibility index (Phi) is 6.91. The second kappa shape index (κ2) is 9.75. The number of H-pyrrole nitrogens is 1. The van der Waals surface area contributed by atoms with Crippen LogP contribution < -0.4 is 16.6 Å². The van der Waals surface area contributed by atoms with E-state index in [-0.39, 0.29) is 28.4 Å². The van der Waals surface area contributed by atoms with Gasteiger partial charge in [-0.3, -0.25) is 19.1 Å². The fourth-order valence-electron chi connectivity index (χ4n) is 4.82. The van der Waals surface area contributed by atoms with Crippen LogP contribution in [0.4, 0.5) is 0 Å². The molecule has 1 aliphatic carbocycles. The molecule has 0 unspecified atom stereocenters. The molecule has 1 aliphatic rings. The summed E-state index contributed by atoms with van der Waals surface area (Å²) in [4.78, 5) is 51.1. The van der Waals surface area contributed by atoms with E-state index < -0.39 is 22.7 Å². The third-order valence-corrected chi connectivity index (χ3v) is 6.62. The van der Waals surface area contributed by atoms with Crippen LogP contribution in [0.15, 0.2) is 20.2 Å². The van der Waals surface area contributed by atoms with Crippen LogP contribution in [0.25, 0.3) is 11.0 Å². The molecule has 0 spiro atoms. The summed E-state index contributed by atoms with van der Waals surface area (Å²) >= 11 is 0. The topological polar surface area (TPSA) is 136 Å². The largest absolute Gasteiger partial charge is 0.340 e. The molecule has 4 rings (SSSR count). The number of aromatic nitrogens is 5. The fraction of sp³-hybridized carbons (Fsp3) is 0.600. The maximum absolute atomic E-state index is 13.9. The van der Waals surface area contributed by atoms with Gasteiger partial charge in [0.05, 0.1) is 10.9 Å². The van der Waals surface area contributed by atoms with Gasteiger partial charge in [0.25, 0.3) is 11.5 Å². The SMILES string of the molecule is Cc1nc(C2(NC(=O)c3cc(C(C)C)nc4c3c(=O)[nH]c(=O)n4CC(C)C)CCCCCC2)no1. The fourth-order valence-corrected chi connectivity index (χ4v) is 4.82. The van der Waals surface area contributed by atoms with Gasteiger partial charge in [-0.1, -0.05) is 58.5 Å². The van der Waals surface area contributed by atoms with E-state index in [9.17, 15) is 14.4 Å². The molecular weight excluding hydrogens is 448 g/mol. The lowest BCUT2D eigenvalue weighted by Crippen LogP contribution is -2.47. The van der Waals surface area contributed by atoms with Crippen LogP contribution in [0.1, 0.15) is 99.9 Å². The molecule has 0 saturated heterocycles.